The SMILES string of the molecule is [C-]#[N+]c1n[c-]n(-c2cc(C(C)(C)C)cc(C(C)(C)c3cc(C(C)(C)C)cc(-n4[c-]nc(C#N)c4C#N)n3)n2)c1[N+]#[C-].[Pd+2]. The molecule has 4 aromatic heterocycles. The topological polar surface area (TPSA) is 118 Å². The molecule has 212 valence electrons. The maximum Gasteiger partial charge on any atom is 2.00 e. The van der Waals surface area contributed by atoms with E-state index in [-0.39, 0.29) is 54.3 Å². The van der Waals surface area contributed by atoms with Gasteiger partial charge in [-0.25, -0.2) is 10.5 Å². The predicted octanol–water partition coefficient (Wildman–Crippen LogP) is 6.21. The third-order valence-electron chi connectivity index (χ3n) is 6.90. The van der Waals surface area contributed by atoms with Gasteiger partial charge in [0.1, 0.15) is 5.82 Å². The molecule has 0 radical (unpaired) electrons. The summed E-state index contributed by atoms with van der Waals surface area (Å²) < 4.78 is 2.83. The van der Waals surface area contributed by atoms with E-state index in [9.17, 15) is 10.5 Å². The summed E-state index contributed by atoms with van der Waals surface area (Å²) in [5.74, 6) is 0.854. The molecule has 4 rings (SSSR count). The summed E-state index contributed by atoms with van der Waals surface area (Å²) >= 11 is 0. The molecule has 42 heavy (non-hydrogen) atoms. The molecule has 0 saturated carbocycles. The first-order valence-corrected chi connectivity index (χ1v) is 12.8. The Balaban J connectivity index is 0.00000484. The van der Waals surface area contributed by atoms with Crippen molar-refractivity contribution < 1.29 is 20.4 Å². The van der Waals surface area contributed by atoms with Crippen LogP contribution in [0.5, 0.6) is 0 Å². The second kappa shape index (κ2) is 11.3. The molecule has 4 heterocycles. The van der Waals surface area contributed by atoms with Gasteiger partial charge in [-0.15, -0.1) is 0 Å². The van der Waals surface area contributed by atoms with Crippen molar-refractivity contribution in [2.45, 2.75) is 71.6 Å². The summed E-state index contributed by atoms with van der Waals surface area (Å²) in [6.45, 7) is 31.5. The zero-order valence-corrected chi connectivity index (χ0v) is 26.2. The van der Waals surface area contributed by atoms with Crippen LogP contribution < -0.4 is 0 Å². The van der Waals surface area contributed by atoms with Crippen molar-refractivity contribution in [3.05, 3.63) is 93.7 Å². The summed E-state index contributed by atoms with van der Waals surface area (Å²) in [7, 11) is 0. The second-order valence-electron chi connectivity index (χ2n) is 12.2. The van der Waals surface area contributed by atoms with Crippen LogP contribution in [0, 0.1) is 48.5 Å². The van der Waals surface area contributed by atoms with Crippen LogP contribution in [-0.4, -0.2) is 29.1 Å². The Hall–Kier alpha value is -4.66. The van der Waals surface area contributed by atoms with Crippen molar-refractivity contribution >= 4 is 11.6 Å². The molecule has 0 spiro atoms. The smallest absolute Gasteiger partial charge is 0.402 e. The minimum atomic E-state index is -0.765. The standard InChI is InChI=1S/C31H28N10.Pd/c1-29(2,3)19-11-23(38-25(13-19)40-17-36-21(15-32)22(40)16-33)31(7,8)24-12-20(30(4,5)6)14-26(39-24)41-18-37-27(34-9)28(41)35-10;/h11-14H,1-8H3;/q-2;+2. The summed E-state index contributed by atoms with van der Waals surface area (Å²) in [6.07, 6.45) is 5.51. The van der Waals surface area contributed by atoms with Crippen LogP contribution in [0.1, 0.15) is 89.3 Å². The normalized spacial score (nSPS) is 11.5. The summed E-state index contributed by atoms with van der Waals surface area (Å²) in [4.78, 5) is 24.7. The average molecular weight is 647 g/mol. The Bertz CT molecular complexity index is 1700. The summed E-state index contributed by atoms with van der Waals surface area (Å²) in [6, 6.07) is 11.8. The molecule has 0 atom stereocenters. The number of imidazole rings is 2. The number of nitriles is 2. The fraction of sp³-hybridized carbons (Fsp3) is 0.355. The number of rotatable bonds is 4. The molecule has 4 aromatic rings. The molecule has 0 aliphatic rings. The molecule has 0 amide bonds. The van der Waals surface area contributed by atoms with Gasteiger partial charge in [0.2, 0.25) is 0 Å². The number of hydrogen-bond donors (Lipinski definition) is 0. The van der Waals surface area contributed by atoms with Gasteiger partial charge in [-0.05, 0) is 54.0 Å². The van der Waals surface area contributed by atoms with E-state index >= 15 is 0 Å². The van der Waals surface area contributed by atoms with Crippen molar-refractivity contribution in [1.82, 2.24) is 29.1 Å². The summed E-state index contributed by atoms with van der Waals surface area (Å²) in [5.41, 5.74) is 2.02. The molecule has 0 N–H and O–H groups in total. The minimum Gasteiger partial charge on any atom is -0.402 e. The second-order valence-corrected chi connectivity index (χ2v) is 12.2. The number of aromatic nitrogens is 6. The van der Waals surface area contributed by atoms with Crippen molar-refractivity contribution in [2.75, 3.05) is 0 Å². The molecule has 0 bridgehead atoms. The number of nitrogens with zero attached hydrogens (tertiary/aromatic N) is 10. The zero-order valence-electron chi connectivity index (χ0n) is 24.6. The van der Waals surface area contributed by atoms with Gasteiger partial charge in [0, 0.05) is 28.8 Å². The average Bonchev–Trinajstić information content (AvgIpc) is 3.55. The van der Waals surface area contributed by atoms with Gasteiger partial charge in [-0.1, -0.05) is 65.7 Å². The Morgan fingerprint density at radius 1 is 0.738 bits per heavy atom. The van der Waals surface area contributed by atoms with E-state index in [1.807, 2.05) is 50.3 Å². The first-order chi connectivity index (χ1) is 19.1. The molecule has 0 aliphatic carbocycles. The van der Waals surface area contributed by atoms with E-state index in [1.54, 1.807) is 0 Å². The van der Waals surface area contributed by atoms with Crippen LogP contribution in [0.25, 0.3) is 21.3 Å². The quantitative estimate of drug-likeness (QED) is 0.192. The van der Waals surface area contributed by atoms with Gasteiger partial charge in [0.25, 0.3) is 12.1 Å². The van der Waals surface area contributed by atoms with Gasteiger partial charge in [-0.2, -0.15) is 0 Å². The third kappa shape index (κ3) is 5.72. The minimum absolute atomic E-state index is 0. The monoisotopic (exact) mass is 646 g/mol. The zero-order chi connectivity index (χ0) is 30.3. The molecule has 0 aromatic carbocycles. The largest absolute Gasteiger partial charge is 2.00 e. The van der Waals surface area contributed by atoms with Crippen molar-refractivity contribution in [1.29, 1.82) is 10.5 Å². The molecule has 0 saturated heterocycles. The molecule has 11 heteroatoms. The molecule has 0 fully saturated rings. The first kappa shape index (κ1) is 31.9. The predicted molar refractivity (Wildman–Crippen MR) is 152 cm³/mol. The van der Waals surface area contributed by atoms with E-state index in [0.717, 1.165) is 11.1 Å². The van der Waals surface area contributed by atoms with Crippen LogP contribution in [0.3, 0.4) is 0 Å². The van der Waals surface area contributed by atoms with E-state index in [0.29, 0.717) is 23.0 Å². The molecule has 0 aliphatic heterocycles. The number of hydrogen-bond acceptors (Lipinski definition) is 6. The molecule has 10 nitrogen and oxygen atoms in total. The van der Waals surface area contributed by atoms with Crippen LogP contribution in [0.2, 0.25) is 0 Å². The first-order valence-electron chi connectivity index (χ1n) is 12.8. The van der Waals surface area contributed by atoms with E-state index < -0.39 is 5.41 Å². The van der Waals surface area contributed by atoms with Crippen molar-refractivity contribution in [2.24, 2.45) is 0 Å². The van der Waals surface area contributed by atoms with E-state index in [4.69, 9.17) is 23.1 Å². The fourth-order valence-corrected chi connectivity index (χ4v) is 4.18. The number of pyridine rings is 2. The molecule has 0 unspecified atom stereocenters. The van der Waals surface area contributed by atoms with E-state index in [1.165, 1.54) is 9.13 Å². The summed E-state index contributed by atoms with van der Waals surface area (Å²) in [5, 5.41) is 19.2. The van der Waals surface area contributed by atoms with Crippen LogP contribution >= 0.6 is 0 Å². The van der Waals surface area contributed by atoms with Gasteiger partial charge in [-0.3, -0.25) is 14.5 Å². The maximum atomic E-state index is 9.76. The third-order valence-corrected chi connectivity index (χ3v) is 6.90. The Kier molecular flexibility index (Phi) is 8.58. The Morgan fingerprint density at radius 3 is 1.67 bits per heavy atom. The molecular formula is C31H28N10Pd. The van der Waals surface area contributed by atoms with Crippen molar-refractivity contribution in [3.8, 4) is 23.8 Å². The van der Waals surface area contributed by atoms with E-state index in [2.05, 4.69) is 73.9 Å². The van der Waals surface area contributed by atoms with Gasteiger partial charge in [0.05, 0.1) is 23.7 Å². The van der Waals surface area contributed by atoms with Crippen LogP contribution in [-0.2, 0) is 36.7 Å². The van der Waals surface area contributed by atoms with Crippen LogP contribution in [0.15, 0.2) is 24.3 Å². The molecular weight excluding hydrogens is 619 g/mol. The van der Waals surface area contributed by atoms with Gasteiger partial charge >= 0.3 is 26.2 Å². The van der Waals surface area contributed by atoms with Crippen LogP contribution in [0.4, 0.5) is 11.6 Å². The van der Waals surface area contributed by atoms with Gasteiger partial charge in [0.15, 0.2) is 0 Å². The Labute approximate surface area is 260 Å². The Morgan fingerprint density at radius 2 is 1.24 bits per heavy atom. The van der Waals surface area contributed by atoms with Crippen molar-refractivity contribution in [3.63, 3.8) is 0 Å². The fourth-order valence-electron chi connectivity index (χ4n) is 4.18. The maximum absolute atomic E-state index is 9.76. The van der Waals surface area contributed by atoms with Gasteiger partial charge < -0.3 is 19.2 Å².